The summed E-state index contributed by atoms with van der Waals surface area (Å²) in [6.07, 6.45) is 0.0502. The second kappa shape index (κ2) is 11.0. The van der Waals surface area contributed by atoms with Crippen molar-refractivity contribution >= 4 is 17.3 Å². The molecule has 184 valence electrons. The number of aliphatic imine (C=N–C) groups is 1. The van der Waals surface area contributed by atoms with Crippen molar-refractivity contribution in [2.24, 2.45) is 10.9 Å². The number of hydrogen-bond donors (Lipinski definition) is 3. The number of aliphatic hydroxyl groups is 2. The molecule has 1 unspecified atom stereocenters. The quantitative estimate of drug-likeness (QED) is 0.315. The van der Waals surface area contributed by atoms with Gasteiger partial charge in [0.25, 0.3) is 0 Å². The molecule has 35 heavy (non-hydrogen) atoms. The highest BCUT2D eigenvalue weighted by Gasteiger charge is 2.28. The largest absolute Gasteiger partial charge is 0.394 e. The summed E-state index contributed by atoms with van der Waals surface area (Å²) in [6.45, 7) is 6.43. The predicted molar refractivity (Wildman–Crippen MR) is 132 cm³/mol. The highest BCUT2D eigenvalue weighted by atomic mass is 19.1. The second-order valence-corrected chi connectivity index (χ2v) is 8.95. The second-order valence-electron chi connectivity index (χ2n) is 8.95. The summed E-state index contributed by atoms with van der Waals surface area (Å²) in [5, 5.41) is 28.5. The minimum Gasteiger partial charge on any atom is -0.394 e. The molecule has 2 aliphatic rings. The average molecular weight is 480 g/mol. The van der Waals surface area contributed by atoms with Gasteiger partial charge in [-0.3, -0.25) is 0 Å². The van der Waals surface area contributed by atoms with E-state index < -0.39 is 12.3 Å². The van der Waals surface area contributed by atoms with E-state index in [-0.39, 0.29) is 25.6 Å². The van der Waals surface area contributed by atoms with E-state index in [1.807, 2.05) is 11.0 Å². The molecule has 9 heteroatoms. The van der Waals surface area contributed by atoms with Crippen molar-refractivity contribution in [1.29, 1.82) is 5.26 Å². The third-order valence-corrected chi connectivity index (χ3v) is 6.50. The molecule has 0 aromatic heterocycles. The van der Waals surface area contributed by atoms with Crippen LogP contribution in [0.25, 0.3) is 5.70 Å². The Bertz CT molecular complexity index is 1160. The van der Waals surface area contributed by atoms with Gasteiger partial charge < -0.3 is 24.9 Å². The summed E-state index contributed by atoms with van der Waals surface area (Å²) in [5.41, 5.74) is 5.31. The molecule has 2 heterocycles. The Kier molecular flexibility index (Phi) is 7.78. The zero-order chi connectivity index (χ0) is 24.9. The number of aliphatic hydroxyl groups excluding tert-OH is 2. The molecule has 2 aliphatic heterocycles. The van der Waals surface area contributed by atoms with Crippen LogP contribution in [0, 0.1) is 11.3 Å². The Morgan fingerprint density at radius 3 is 2.57 bits per heavy atom. The normalized spacial score (nSPS) is 17.7. The van der Waals surface area contributed by atoms with Crippen LogP contribution >= 0.6 is 0 Å². The van der Waals surface area contributed by atoms with Crippen LogP contribution in [-0.4, -0.2) is 72.6 Å². The fourth-order valence-electron chi connectivity index (χ4n) is 4.49. The average Bonchev–Trinajstić information content (AvgIpc) is 3.06. The lowest BCUT2D eigenvalue weighted by Gasteiger charge is -2.36. The first kappa shape index (κ1) is 24.8. The molecule has 0 amide bonds. The number of nitrogens with two attached hydrogens (primary N) is 1. The minimum absolute atomic E-state index is 0.129. The molecule has 0 saturated carbocycles. The summed E-state index contributed by atoms with van der Waals surface area (Å²) in [6, 6.07) is 13.4. The van der Waals surface area contributed by atoms with Crippen LogP contribution in [0.4, 0.5) is 10.1 Å². The van der Waals surface area contributed by atoms with Crippen molar-refractivity contribution in [3.63, 3.8) is 0 Å². The van der Waals surface area contributed by atoms with Gasteiger partial charge >= 0.3 is 0 Å². The molecule has 8 nitrogen and oxygen atoms in total. The smallest absolute Gasteiger partial charge is 0.245 e. The van der Waals surface area contributed by atoms with Gasteiger partial charge in [0.2, 0.25) is 5.90 Å². The summed E-state index contributed by atoms with van der Waals surface area (Å²) in [5.74, 6) is 5.64. The molecule has 4 N–H and O–H groups in total. The maximum atomic E-state index is 13.3. The number of hydrogen-bond acceptors (Lipinski definition) is 8. The van der Waals surface area contributed by atoms with E-state index in [4.69, 9.17) is 15.8 Å². The van der Waals surface area contributed by atoms with Gasteiger partial charge in [0.05, 0.1) is 42.7 Å². The first-order chi connectivity index (χ1) is 16.9. The maximum Gasteiger partial charge on any atom is 0.245 e. The van der Waals surface area contributed by atoms with Crippen LogP contribution in [0.1, 0.15) is 27.8 Å². The fourth-order valence-corrected chi connectivity index (χ4v) is 4.49. The van der Waals surface area contributed by atoms with Crippen LogP contribution in [-0.2, 0) is 17.7 Å². The lowest BCUT2D eigenvalue weighted by Crippen LogP contribution is -2.48. The lowest BCUT2D eigenvalue weighted by molar-refractivity contribution is 0.0605. The van der Waals surface area contributed by atoms with Crippen molar-refractivity contribution in [2.45, 2.75) is 25.1 Å². The van der Waals surface area contributed by atoms with Gasteiger partial charge in [-0.25, -0.2) is 9.38 Å². The van der Waals surface area contributed by atoms with Crippen molar-refractivity contribution < 1.29 is 19.4 Å². The predicted octanol–water partition coefficient (Wildman–Crippen LogP) is 1.78. The zero-order valence-corrected chi connectivity index (χ0v) is 19.5. The third kappa shape index (κ3) is 5.69. The first-order valence-electron chi connectivity index (χ1n) is 11.6. The van der Waals surface area contributed by atoms with Crippen LogP contribution < -0.4 is 10.8 Å². The van der Waals surface area contributed by atoms with Crippen molar-refractivity contribution in [3.05, 3.63) is 70.8 Å². The van der Waals surface area contributed by atoms with Gasteiger partial charge in [-0.15, -0.1) is 0 Å². The van der Waals surface area contributed by atoms with Gasteiger partial charge in [0.15, 0.2) is 0 Å². The highest BCUT2D eigenvalue weighted by Crippen LogP contribution is 2.28. The Morgan fingerprint density at radius 1 is 1.20 bits per heavy atom. The Morgan fingerprint density at radius 2 is 1.91 bits per heavy atom. The number of β-amino-alcohol motifs (C(OH)–C–C–N with tert-alkyl or cyclic N) is 1. The van der Waals surface area contributed by atoms with E-state index in [0.717, 1.165) is 31.5 Å². The Hall–Kier alpha value is -3.29. The summed E-state index contributed by atoms with van der Waals surface area (Å²) in [7, 11) is 0. The minimum atomic E-state index is -0.870. The molecule has 1 saturated heterocycles. The summed E-state index contributed by atoms with van der Waals surface area (Å²) < 4.78 is 13.3. The molecule has 1 fully saturated rings. The van der Waals surface area contributed by atoms with Gasteiger partial charge in [0, 0.05) is 25.2 Å². The first-order valence-corrected chi connectivity index (χ1v) is 11.6. The number of nitrogens with zero attached hydrogens (tertiary/aromatic N) is 4. The van der Waals surface area contributed by atoms with Crippen LogP contribution in [0.15, 0.2) is 48.0 Å². The number of fused-ring (bicyclic) bond motifs is 1. The number of nitriles is 1. The van der Waals surface area contributed by atoms with Crippen molar-refractivity contribution in [2.75, 3.05) is 44.2 Å². The summed E-state index contributed by atoms with van der Waals surface area (Å²) >= 11 is 0. The molecule has 0 bridgehead atoms. The Balaban J connectivity index is 1.51. The molecule has 2 aromatic rings. The zero-order valence-electron chi connectivity index (χ0n) is 19.5. The molecule has 2 aromatic carbocycles. The number of anilines is 1. The standard InChI is InChI=1S/C26H30FN5O3/c1-17(19-3-2-18-6-8-31(15-24(34)16-33)9-7-20(18)10-19)30-26(35-29)21-4-5-25(22(11-21)12-28)32-13-23(27)14-32/h2-5,10-11,23-24,33-34H,1,6-9,13-16,29H2. The lowest BCUT2D eigenvalue weighted by atomic mass is 9.99. The van der Waals surface area contributed by atoms with E-state index in [2.05, 4.69) is 34.7 Å². The van der Waals surface area contributed by atoms with Crippen molar-refractivity contribution in [3.8, 4) is 6.07 Å². The van der Waals surface area contributed by atoms with Gasteiger partial charge in [0.1, 0.15) is 12.2 Å². The van der Waals surface area contributed by atoms with Gasteiger partial charge in [-0.05, 0) is 53.8 Å². The van der Waals surface area contributed by atoms with Gasteiger partial charge in [-0.1, -0.05) is 18.7 Å². The third-order valence-electron chi connectivity index (χ3n) is 6.50. The highest BCUT2D eigenvalue weighted by molar-refractivity contribution is 5.98. The monoisotopic (exact) mass is 479 g/mol. The molecule has 4 rings (SSSR count). The van der Waals surface area contributed by atoms with E-state index >= 15 is 0 Å². The van der Waals surface area contributed by atoms with E-state index in [9.17, 15) is 14.8 Å². The maximum absolute atomic E-state index is 13.3. The van der Waals surface area contributed by atoms with Crippen LogP contribution in [0.3, 0.4) is 0 Å². The van der Waals surface area contributed by atoms with Crippen LogP contribution in [0.2, 0.25) is 0 Å². The molecular weight excluding hydrogens is 449 g/mol. The number of benzene rings is 2. The van der Waals surface area contributed by atoms with E-state index in [1.165, 1.54) is 11.1 Å². The van der Waals surface area contributed by atoms with Gasteiger partial charge in [-0.2, -0.15) is 11.2 Å². The molecule has 0 aliphatic carbocycles. The van der Waals surface area contributed by atoms with Crippen LogP contribution in [0.5, 0.6) is 0 Å². The van der Waals surface area contributed by atoms with E-state index in [1.54, 1.807) is 18.2 Å². The Labute approximate surface area is 204 Å². The van der Waals surface area contributed by atoms with E-state index in [0.29, 0.717) is 29.1 Å². The number of rotatable bonds is 7. The SMILES string of the molecule is C=C(N=C(ON)c1ccc(N2CC(F)C2)c(C#N)c1)c1ccc2c(c1)CCN(CC(O)CO)CC2. The number of halogens is 1. The fraction of sp³-hybridized carbons (Fsp3) is 0.385. The number of alkyl halides is 1. The molecule has 1 atom stereocenters. The molecule has 0 spiro atoms. The van der Waals surface area contributed by atoms with Crippen molar-refractivity contribution in [1.82, 2.24) is 4.90 Å². The molecular formula is C26H30FN5O3. The molecule has 0 radical (unpaired) electrons. The summed E-state index contributed by atoms with van der Waals surface area (Å²) in [4.78, 5) is 13.5. The topological polar surface area (TPSA) is 118 Å².